The van der Waals surface area contributed by atoms with Crippen molar-refractivity contribution >= 4 is 5.69 Å². The molecule has 0 unspecified atom stereocenters. The first-order valence-electron chi connectivity index (χ1n) is 5.62. The molecule has 3 heteroatoms. The lowest BCUT2D eigenvalue weighted by Crippen LogP contribution is -2.51. The number of nitrogens with zero attached hydrogens (tertiary/aromatic N) is 1. The van der Waals surface area contributed by atoms with Gasteiger partial charge in [-0.15, -0.1) is 0 Å². The highest BCUT2D eigenvalue weighted by Crippen LogP contribution is 2.16. The van der Waals surface area contributed by atoms with Gasteiger partial charge in [-0.3, -0.25) is 0 Å². The van der Waals surface area contributed by atoms with E-state index in [4.69, 9.17) is 0 Å². The summed E-state index contributed by atoms with van der Waals surface area (Å²) in [6, 6.07) is 13.2. The Balaban J connectivity index is 1.82. The van der Waals surface area contributed by atoms with Crippen molar-refractivity contribution in [2.45, 2.75) is 6.04 Å². The molecule has 0 atom stereocenters. The van der Waals surface area contributed by atoms with Crippen LogP contribution >= 0.6 is 0 Å². The summed E-state index contributed by atoms with van der Waals surface area (Å²) in [5, 5.41) is 6.76. The molecule has 2 heterocycles. The van der Waals surface area contributed by atoms with E-state index in [9.17, 15) is 0 Å². The molecule has 1 aromatic heterocycles. The van der Waals surface area contributed by atoms with Crippen LogP contribution < -0.4 is 10.6 Å². The van der Waals surface area contributed by atoms with Gasteiger partial charge < -0.3 is 15.2 Å². The van der Waals surface area contributed by atoms with Gasteiger partial charge in [-0.25, -0.2) is 0 Å². The molecule has 0 radical (unpaired) electrons. The Morgan fingerprint density at radius 3 is 2.62 bits per heavy atom. The summed E-state index contributed by atoms with van der Waals surface area (Å²) in [4.78, 5) is 0. The maximum absolute atomic E-state index is 3.50. The number of benzene rings is 1. The maximum atomic E-state index is 3.50. The van der Waals surface area contributed by atoms with E-state index in [0.717, 1.165) is 13.1 Å². The second-order valence-electron chi connectivity index (χ2n) is 4.14. The van der Waals surface area contributed by atoms with Gasteiger partial charge in [0.25, 0.3) is 0 Å². The van der Waals surface area contributed by atoms with E-state index in [0.29, 0.717) is 6.04 Å². The van der Waals surface area contributed by atoms with E-state index in [1.165, 1.54) is 11.4 Å². The van der Waals surface area contributed by atoms with Crippen molar-refractivity contribution in [2.24, 2.45) is 0 Å². The summed E-state index contributed by atoms with van der Waals surface area (Å²) >= 11 is 0. The van der Waals surface area contributed by atoms with Gasteiger partial charge in [-0.2, -0.15) is 0 Å². The first-order valence-corrected chi connectivity index (χ1v) is 5.62. The standard InChI is InChI=1S/C13H15N3/c1-2-7-16(6-1)13-5-3-4-11(8-13)15-12-9-14-10-12/h1-8,12,14-15H,9-10H2. The zero-order chi connectivity index (χ0) is 10.8. The number of rotatable bonds is 3. The summed E-state index contributed by atoms with van der Waals surface area (Å²) in [5.41, 5.74) is 2.39. The average molecular weight is 213 g/mol. The lowest BCUT2D eigenvalue weighted by Gasteiger charge is -2.29. The molecule has 16 heavy (non-hydrogen) atoms. The van der Waals surface area contributed by atoms with Gasteiger partial charge in [0.1, 0.15) is 0 Å². The second kappa shape index (κ2) is 4.02. The lowest BCUT2D eigenvalue weighted by atomic mass is 10.1. The fraction of sp³-hybridized carbons (Fsp3) is 0.231. The molecule has 0 bridgehead atoms. The molecule has 0 amide bonds. The molecule has 1 aliphatic heterocycles. The van der Waals surface area contributed by atoms with Crippen molar-refractivity contribution in [3.63, 3.8) is 0 Å². The van der Waals surface area contributed by atoms with Crippen LogP contribution in [0.5, 0.6) is 0 Å². The Hall–Kier alpha value is -1.74. The molecule has 1 saturated heterocycles. The van der Waals surface area contributed by atoms with Gasteiger partial charge in [0.2, 0.25) is 0 Å². The summed E-state index contributed by atoms with van der Waals surface area (Å²) < 4.78 is 2.12. The van der Waals surface area contributed by atoms with E-state index >= 15 is 0 Å². The van der Waals surface area contributed by atoms with Gasteiger partial charge in [-0.1, -0.05) is 6.07 Å². The molecule has 2 N–H and O–H groups in total. The number of anilines is 1. The smallest absolute Gasteiger partial charge is 0.0510 e. The third kappa shape index (κ3) is 1.82. The minimum absolute atomic E-state index is 0.583. The van der Waals surface area contributed by atoms with E-state index in [2.05, 4.69) is 51.9 Å². The van der Waals surface area contributed by atoms with Crippen LogP contribution in [0.3, 0.4) is 0 Å². The molecule has 82 valence electrons. The maximum Gasteiger partial charge on any atom is 0.0510 e. The van der Waals surface area contributed by atoms with Gasteiger partial charge in [0.05, 0.1) is 6.04 Å². The first kappa shape index (κ1) is 9.48. The number of hydrogen-bond acceptors (Lipinski definition) is 2. The molecule has 3 rings (SSSR count). The first-order chi connectivity index (χ1) is 7.92. The quantitative estimate of drug-likeness (QED) is 0.815. The largest absolute Gasteiger partial charge is 0.380 e. The van der Waals surface area contributed by atoms with E-state index in [-0.39, 0.29) is 0 Å². The molecule has 0 spiro atoms. The molecule has 1 aliphatic rings. The van der Waals surface area contributed by atoms with Gasteiger partial charge in [0.15, 0.2) is 0 Å². The molecular weight excluding hydrogens is 198 g/mol. The highest BCUT2D eigenvalue weighted by atomic mass is 15.1. The van der Waals surface area contributed by atoms with Crippen LogP contribution in [-0.4, -0.2) is 23.7 Å². The van der Waals surface area contributed by atoms with Crippen molar-refractivity contribution in [2.75, 3.05) is 18.4 Å². The van der Waals surface area contributed by atoms with Gasteiger partial charge in [-0.05, 0) is 30.3 Å². The molecule has 0 saturated carbocycles. The minimum atomic E-state index is 0.583. The third-order valence-electron chi connectivity index (χ3n) is 2.90. The van der Waals surface area contributed by atoms with Crippen LogP contribution in [0.15, 0.2) is 48.8 Å². The van der Waals surface area contributed by atoms with Crippen LogP contribution in [0.4, 0.5) is 5.69 Å². The molecule has 1 aromatic carbocycles. The number of nitrogens with one attached hydrogen (secondary N) is 2. The van der Waals surface area contributed by atoms with E-state index in [1.54, 1.807) is 0 Å². The summed E-state index contributed by atoms with van der Waals surface area (Å²) in [7, 11) is 0. The molecule has 2 aromatic rings. The SMILES string of the molecule is c1cc(NC2CNC2)cc(-n2cccc2)c1. The summed E-state index contributed by atoms with van der Waals surface area (Å²) in [5.74, 6) is 0. The van der Waals surface area contributed by atoms with Crippen LogP contribution in [0, 0.1) is 0 Å². The van der Waals surface area contributed by atoms with Crippen LogP contribution in [0.25, 0.3) is 5.69 Å². The Morgan fingerprint density at radius 2 is 1.94 bits per heavy atom. The fourth-order valence-corrected chi connectivity index (χ4v) is 1.89. The average Bonchev–Trinajstić information content (AvgIpc) is 2.77. The molecule has 3 nitrogen and oxygen atoms in total. The zero-order valence-corrected chi connectivity index (χ0v) is 9.06. The van der Waals surface area contributed by atoms with E-state index < -0.39 is 0 Å². The number of aromatic nitrogens is 1. The molecule has 1 fully saturated rings. The lowest BCUT2D eigenvalue weighted by molar-refractivity contribution is 0.472. The normalized spacial score (nSPS) is 15.8. The highest BCUT2D eigenvalue weighted by Gasteiger charge is 2.15. The van der Waals surface area contributed by atoms with Crippen LogP contribution in [-0.2, 0) is 0 Å². The summed E-state index contributed by atoms with van der Waals surface area (Å²) in [6.07, 6.45) is 4.12. The topological polar surface area (TPSA) is 29.0 Å². The Bertz CT molecular complexity index is 458. The molecule has 0 aliphatic carbocycles. The van der Waals surface area contributed by atoms with Crippen molar-refractivity contribution in [3.05, 3.63) is 48.8 Å². The zero-order valence-electron chi connectivity index (χ0n) is 9.06. The highest BCUT2D eigenvalue weighted by molar-refractivity contribution is 5.52. The number of hydrogen-bond donors (Lipinski definition) is 2. The monoisotopic (exact) mass is 213 g/mol. The van der Waals surface area contributed by atoms with Crippen molar-refractivity contribution in [3.8, 4) is 5.69 Å². The van der Waals surface area contributed by atoms with Crippen LogP contribution in [0.1, 0.15) is 0 Å². The van der Waals surface area contributed by atoms with Crippen molar-refractivity contribution in [1.29, 1.82) is 0 Å². The Kier molecular flexibility index (Phi) is 2.38. The van der Waals surface area contributed by atoms with Crippen molar-refractivity contribution < 1.29 is 0 Å². The van der Waals surface area contributed by atoms with E-state index in [1.807, 2.05) is 12.1 Å². The van der Waals surface area contributed by atoms with Gasteiger partial charge in [0, 0.05) is 36.9 Å². The fourth-order valence-electron chi connectivity index (χ4n) is 1.89. The predicted molar refractivity (Wildman–Crippen MR) is 66.0 cm³/mol. The Morgan fingerprint density at radius 1 is 1.12 bits per heavy atom. The third-order valence-corrected chi connectivity index (χ3v) is 2.90. The minimum Gasteiger partial charge on any atom is -0.380 e. The van der Waals surface area contributed by atoms with Crippen molar-refractivity contribution in [1.82, 2.24) is 9.88 Å². The van der Waals surface area contributed by atoms with Gasteiger partial charge >= 0.3 is 0 Å². The van der Waals surface area contributed by atoms with Crippen LogP contribution in [0.2, 0.25) is 0 Å². The second-order valence-corrected chi connectivity index (χ2v) is 4.14. The summed E-state index contributed by atoms with van der Waals surface area (Å²) in [6.45, 7) is 2.13. The Labute approximate surface area is 95.1 Å². The predicted octanol–water partition coefficient (Wildman–Crippen LogP) is 1.86. The molecular formula is C13H15N3.